The second kappa shape index (κ2) is 11.5. The molecule has 2 aromatic carbocycles. The van der Waals surface area contributed by atoms with Gasteiger partial charge in [0.2, 0.25) is 0 Å². The van der Waals surface area contributed by atoms with E-state index in [-0.39, 0.29) is 5.91 Å². The molecular formula is C25H35N5O. The number of amides is 1. The van der Waals surface area contributed by atoms with Crippen LogP contribution in [0, 0.1) is 0 Å². The molecule has 166 valence electrons. The van der Waals surface area contributed by atoms with E-state index in [2.05, 4.69) is 52.8 Å². The Morgan fingerprint density at radius 3 is 2.68 bits per heavy atom. The van der Waals surface area contributed by atoms with Crippen LogP contribution in [-0.2, 0) is 19.4 Å². The maximum absolute atomic E-state index is 12.2. The molecule has 0 bridgehead atoms. The van der Waals surface area contributed by atoms with Crippen LogP contribution in [-0.4, -0.2) is 68.5 Å². The van der Waals surface area contributed by atoms with Gasteiger partial charge in [-0.1, -0.05) is 36.4 Å². The summed E-state index contributed by atoms with van der Waals surface area (Å²) in [5.74, 6) is 0.880. The molecule has 6 heteroatoms. The molecule has 1 heterocycles. The van der Waals surface area contributed by atoms with E-state index in [0.717, 1.165) is 69.2 Å². The van der Waals surface area contributed by atoms with E-state index in [0.29, 0.717) is 0 Å². The summed E-state index contributed by atoms with van der Waals surface area (Å²) in [4.78, 5) is 21.0. The highest BCUT2D eigenvalue weighted by Crippen LogP contribution is 2.17. The fourth-order valence-corrected chi connectivity index (χ4v) is 3.83. The quantitative estimate of drug-likeness (QED) is 0.508. The number of hydrogen-bond acceptors (Lipinski definition) is 3. The molecule has 0 saturated heterocycles. The average Bonchev–Trinajstić information content (AvgIpc) is 2.78. The van der Waals surface area contributed by atoms with Crippen molar-refractivity contribution in [1.82, 2.24) is 20.4 Å². The van der Waals surface area contributed by atoms with Crippen LogP contribution in [0.25, 0.3) is 0 Å². The van der Waals surface area contributed by atoms with E-state index in [1.54, 1.807) is 19.0 Å². The molecule has 31 heavy (non-hydrogen) atoms. The third-order valence-electron chi connectivity index (χ3n) is 5.53. The number of carbonyl (C=O) groups is 1. The lowest BCUT2D eigenvalue weighted by molar-refractivity contribution is 0.0827. The molecule has 0 spiro atoms. The Balaban J connectivity index is 1.47. The van der Waals surface area contributed by atoms with Gasteiger partial charge in [-0.2, -0.15) is 0 Å². The van der Waals surface area contributed by atoms with Crippen LogP contribution < -0.4 is 10.6 Å². The average molecular weight is 422 g/mol. The van der Waals surface area contributed by atoms with Crippen LogP contribution in [0.1, 0.15) is 34.0 Å². The highest BCUT2D eigenvalue weighted by Gasteiger charge is 2.15. The first kappa shape index (κ1) is 22.8. The van der Waals surface area contributed by atoms with Crippen LogP contribution in [0.2, 0.25) is 0 Å². The van der Waals surface area contributed by atoms with Crippen molar-refractivity contribution in [2.75, 3.05) is 46.8 Å². The van der Waals surface area contributed by atoms with E-state index in [4.69, 9.17) is 4.99 Å². The fraction of sp³-hybridized carbons (Fsp3) is 0.440. The van der Waals surface area contributed by atoms with Crippen LogP contribution in [0.3, 0.4) is 0 Å². The molecule has 3 rings (SSSR count). The van der Waals surface area contributed by atoms with Crippen molar-refractivity contribution < 1.29 is 4.79 Å². The van der Waals surface area contributed by atoms with E-state index in [1.807, 2.05) is 18.2 Å². The summed E-state index contributed by atoms with van der Waals surface area (Å²) in [5.41, 5.74) is 4.79. The molecule has 0 fully saturated rings. The SMILES string of the molecule is CCNC(=NCCN1CCc2ccccc2C1)NCCc1cccc(C(=O)N(C)C)c1. The normalized spacial score (nSPS) is 14.1. The minimum Gasteiger partial charge on any atom is -0.357 e. The Kier molecular flexibility index (Phi) is 8.47. The summed E-state index contributed by atoms with van der Waals surface area (Å²) in [5, 5.41) is 6.75. The lowest BCUT2D eigenvalue weighted by Gasteiger charge is -2.28. The van der Waals surface area contributed by atoms with Crippen molar-refractivity contribution in [2.45, 2.75) is 26.3 Å². The van der Waals surface area contributed by atoms with Gasteiger partial charge in [0.05, 0.1) is 6.54 Å². The Morgan fingerprint density at radius 1 is 1.10 bits per heavy atom. The summed E-state index contributed by atoms with van der Waals surface area (Å²) >= 11 is 0. The zero-order chi connectivity index (χ0) is 22.1. The summed E-state index contributed by atoms with van der Waals surface area (Å²) in [6.07, 6.45) is 1.95. The highest BCUT2D eigenvalue weighted by atomic mass is 16.2. The largest absolute Gasteiger partial charge is 0.357 e. The molecule has 0 aromatic heterocycles. The number of nitrogens with one attached hydrogen (secondary N) is 2. The van der Waals surface area contributed by atoms with Crippen LogP contribution in [0.4, 0.5) is 0 Å². The monoisotopic (exact) mass is 421 g/mol. The predicted molar refractivity (Wildman–Crippen MR) is 128 cm³/mol. The first-order chi connectivity index (χ1) is 15.1. The van der Waals surface area contributed by atoms with Gasteiger partial charge in [0.15, 0.2) is 5.96 Å². The maximum Gasteiger partial charge on any atom is 0.253 e. The summed E-state index contributed by atoms with van der Waals surface area (Å²) in [6, 6.07) is 16.6. The summed E-state index contributed by atoms with van der Waals surface area (Å²) < 4.78 is 0. The van der Waals surface area contributed by atoms with Gasteiger partial charge in [0, 0.05) is 52.4 Å². The van der Waals surface area contributed by atoms with Crippen LogP contribution in [0.5, 0.6) is 0 Å². The summed E-state index contributed by atoms with van der Waals surface area (Å²) in [7, 11) is 3.55. The molecule has 1 aliphatic rings. The molecule has 0 atom stereocenters. The second-order valence-electron chi connectivity index (χ2n) is 8.13. The minimum atomic E-state index is 0.0325. The Labute approximate surface area is 186 Å². The van der Waals surface area contributed by atoms with Crippen molar-refractivity contribution in [3.05, 3.63) is 70.8 Å². The Hall–Kier alpha value is -2.86. The van der Waals surface area contributed by atoms with Gasteiger partial charge in [-0.15, -0.1) is 0 Å². The first-order valence-corrected chi connectivity index (χ1v) is 11.2. The van der Waals surface area contributed by atoms with Crippen molar-refractivity contribution in [2.24, 2.45) is 4.99 Å². The van der Waals surface area contributed by atoms with E-state index in [1.165, 1.54) is 11.1 Å². The smallest absolute Gasteiger partial charge is 0.253 e. The number of nitrogens with zero attached hydrogens (tertiary/aromatic N) is 3. The molecule has 1 amide bonds. The molecule has 1 aliphatic heterocycles. The number of guanidine groups is 1. The fourth-order valence-electron chi connectivity index (χ4n) is 3.83. The van der Waals surface area contributed by atoms with Crippen molar-refractivity contribution >= 4 is 11.9 Å². The second-order valence-corrected chi connectivity index (χ2v) is 8.13. The van der Waals surface area contributed by atoms with Crippen LogP contribution >= 0.6 is 0 Å². The number of rotatable bonds is 8. The Morgan fingerprint density at radius 2 is 1.90 bits per heavy atom. The highest BCUT2D eigenvalue weighted by molar-refractivity contribution is 5.94. The topological polar surface area (TPSA) is 60.0 Å². The van der Waals surface area contributed by atoms with Gasteiger partial charge in [-0.3, -0.25) is 14.7 Å². The molecule has 0 saturated carbocycles. The zero-order valence-corrected chi connectivity index (χ0v) is 19.0. The van der Waals surface area contributed by atoms with E-state index in [9.17, 15) is 4.79 Å². The van der Waals surface area contributed by atoms with Gasteiger partial charge in [0.25, 0.3) is 5.91 Å². The minimum absolute atomic E-state index is 0.0325. The lowest BCUT2D eigenvalue weighted by atomic mass is 10.0. The van der Waals surface area contributed by atoms with Gasteiger partial charge >= 0.3 is 0 Å². The van der Waals surface area contributed by atoms with E-state index >= 15 is 0 Å². The molecule has 2 aromatic rings. The third-order valence-corrected chi connectivity index (χ3v) is 5.53. The lowest BCUT2D eigenvalue weighted by Crippen LogP contribution is -2.39. The molecule has 0 radical (unpaired) electrons. The summed E-state index contributed by atoms with van der Waals surface area (Å²) in [6.45, 7) is 7.51. The molecule has 0 aliphatic carbocycles. The molecule has 6 nitrogen and oxygen atoms in total. The van der Waals surface area contributed by atoms with E-state index < -0.39 is 0 Å². The number of hydrogen-bond donors (Lipinski definition) is 2. The van der Waals surface area contributed by atoms with Crippen LogP contribution in [0.15, 0.2) is 53.5 Å². The number of carbonyl (C=O) groups excluding carboxylic acids is 1. The standard InChI is InChI=1S/C25H35N5O/c1-4-26-25(27-14-12-20-8-7-11-22(18-20)24(31)29(2)3)28-15-17-30-16-13-21-9-5-6-10-23(21)19-30/h5-11,18H,4,12-17,19H2,1-3H3,(H2,26,27,28). The van der Waals surface area contributed by atoms with Crippen molar-refractivity contribution in [3.63, 3.8) is 0 Å². The van der Waals surface area contributed by atoms with Crippen molar-refractivity contribution in [1.29, 1.82) is 0 Å². The van der Waals surface area contributed by atoms with Gasteiger partial charge in [-0.05, 0) is 48.6 Å². The van der Waals surface area contributed by atoms with Gasteiger partial charge in [0.1, 0.15) is 0 Å². The van der Waals surface area contributed by atoms with Gasteiger partial charge in [-0.25, -0.2) is 0 Å². The number of aliphatic imine (C=N–C) groups is 1. The molecular weight excluding hydrogens is 386 g/mol. The maximum atomic E-state index is 12.2. The molecule has 0 unspecified atom stereocenters. The molecule has 2 N–H and O–H groups in total. The predicted octanol–water partition coefficient (Wildman–Crippen LogP) is 2.54. The first-order valence-electron chi connectivity index (χ1n) is 11.2. The Bertz CT molecular complexity index is 893. The zero-order valence-electron chi connectivity index (χ0n) is 19.0. The third kappa shape index (κ3) is 6.82. The van der Waals surface area contributed by atoms with Crippen molar-refractivity contribution in [3.8, 4) is 0 Å². The van der Waals surface area contributed by atoms with Gasteiger partial charge < -0.3 is 15.5 Å². The number of fused-ring (bicyclic) bond motifs is 1. The number of benzene rings is 2.